The van der Waals surface area contributed by atoms with Crippen LogP contribution < -0.4 is 5.32 Å². The number of nitriles is 1. The van der Waals surface area contributed by atoms with Gasteiger partial charge in [-0.1, -0.05) is 78.4 Å². The fourth-order valence-corrected chi connectivity index (χ4v) is 2.32. The first-order valence-corrected chi connectivity index (χ1v) is 9.44. The first-order valence-electron chi connectivity index (χ1n) is 9.44. The lowest BCUT2D eigenvalue weighted by Crippen LogP contribution is -2.30. The molecule has 0 aromatic heterocycles. The molecule has 0 unspecified atom stereocenters. The summed E-state index contributed by atoms with van der Waals surface area (Å²) in [5.41, 5.74) is 1.97. The van der Waals surface area contributed by atoms with Crippen LogP contribution in [0.5, 0.6) is 0 Å². The molecule has 2 nitrogen and oxygen atoms in total. The second-order valence-electron chi connectivity index (χ2n) is 6.24. The summed E-state index contributed by atoms with van der Waals surface area (Å²) in [5.74, 6) is 0. The van der Waals surface area contributed by atoms with E-state index in [9.17, 15) is 0 Å². The van der Waals surface area contributed by atoms with E-state index < -0.39 is 0 Å². The van der Waals surface area contributed by atoms with Crippen molar-refractivity contribution in [1.29, 1.82) is 5.26 Å². The van der Waals surface area contributed by atoms with Gasteiger partial charge in [0.1, 0.15) is 0 Å². The number of benzene rings is 1. The summed E-state index contributed by atoms with van der Waals surface area (Å²) >= 11 is 0. The summed E-state index contributed by atoms with van der Waals surface area (Å²) in [6.45, 7) is 9.50. The van der Waals surface area contributed by atoms with Crippen LogP contribution in [0.4, 0.5) is 0 Å². The molecule has 1 aromatic rings. The molecule has 1 saturated carbocycles. The van der Waals surface area contributed by atoms with E-state index in [1.807, 2.05) is 18.2 Å². The molecule has 1 aliphatic rings. The second-order valence-corrected chi connectivity index (χ2v) is 6.24. The first kappa shape index (κ1) is 21.7. The van der Waals surface area contributed by atoms with E-state index in [2.05, 4.69) is 45.1 Å². The molecule has 1 fully saturated rings. The van der Waals surface area contributed by atoms with Gasteiger partial charge < -0.3 is 5.32 Å². The lowest BCUT2D eigenvalue weighted by atomic mass is 9.95. The normalized spacial score (nSPS) is 13.9. The minimum Gasteiger partial charge on any atom is -0.310 e. The van der Waals surface area contributed by atoms with E-state index in [0.29, 0.717) is 6.04 Å². The molecule has 1 aromatic carbocycles. The van der Waals surface area contributed by atoms with Gasteiger partial charge in [0.25, 0.3) is 0 Å². The van der Waals surface area contributed by atoms with E-state index in [0.717, 1.165) is 12.1 Å². The molecule has 23 heavy (non-hydrogen) atoms. The zero-order valence-electron chi connectivity index (χ0n) is 15.7. The van der Waals surface area contributed by atoms with E-state index in [1.54, 1.807) is 0 Å². The minimum absolute atomic E-state index is 0.680. The molecule has 0 radical (unpaired) electrons. The number of hydrogen-bond acceptors (Lipinski definition) is 2. The molecule has 0 spiro atoms. The summed E-state index contributed by atoms with van der Waals surface area (Å²) in [4.78, 5) is 0. The molecule has 0 bridgehead atoms. The third-order valence-corrected chi connectivity index (χ3v) is 3.76. The quantitative estimate of drug-likeness (QED) is 0.717. The summed E-state index contributed by atoms with van der Waals surface area (Å²) in [7, 11) is 0. The van der Waals surface area contributed by atoms with Gasteiger partial charge in [0.15, 0.2) is 0 Å². The fourth-order valence-electron chi connectivity index (χ4n) is 2.32. The van der Waals surface area contributed by atoms with Crippen LogP contribution in [-0.4, -0.2) is 6.04 Å². The molecule has 2 heteroatoms. The van der Waals surface area contributed by atoms with Crippen molar-refractivity contribution in [2.45, 2.75) is 91.6 Å². The zero-order chi connectivity index (χ0) is 17.3. The predicted octanol–water partition coefficient (Wildman–Crippen LogP) is 6.20. The molecular formula is C21H36N2. The Hall–Kier alpha value is -1.33. The Labute approximate surface area is 144 Å². The molecule has 1 N–H and O–H groups in total. The summed E-state index contributed by atoms with van der Waals surface area (Å²) in [5, 5.41) is 12.4. The topological polar surface area (TPSA) is 35.8 Å². The van der Waals surface area contributed by atoms with Gasteiger partial charge >= 0.3 is 0 Å². The lowest BCUT2D eigenvalue weighted by molar-refractivity contribution is 0.372. The third-order valence-electron chi connectivity index (χ3n) is 3.76. The number of rotatable bonds is 4. The van der Waals surface area contributed by atoms with Crippen LogP contribution in [0.2, 0.25) is 0 Å². The molecule has 0 amide bonds. The minimum atomic E-state index is 0.680. The molecule has 0 heterocycles. The fraction of sp³-hybridized carbons (Fsp3) is 0.667. The molecular weight excluding hydrogens is 280 g/mol. The lowest BCUT2D eigenvalue weighted by Gasteiger charge is -2.22. The zero-order valence-corrected chi connectivity index (χ0v) is 15.7. The largest absolute Gasteiger partial charge is 0.310 e. The molecule has 0 aliphatic heterocycles. The van der Waals surface area contributed by atoms with Crippen LogP contribution in [0.15, 0.2) is 24.3 Å². The molecule has 0 saturated heterocycles. The predicted molar refractivity (Wildman–Crippen MR) is 101 cm³/mol. The molecule has 0 atom stereocenters. The average molecular weight is 317 g/mol. The number of nitrogens with zero attached hydrogens (tertiary/aromatic N) is 1. The van der Waals surface area contributed by atoms with Crippen LogP contribution in [0.1, 0.15) is 90.2 Å². The second kappa shape index (κ2) is 15.6. The highest BCUT2D eigenvalue weighted by atomic mass is 14.9. The molecule has 1 aliphatic carbocycles. The van der Waals surface area contributed by atoms with Gasteiger partial charge in [-0.25, -0.2) is 0 Å². The van der Waals surface area contributed by atoms with Crippen molar-refractivity contribution in [3.63, 3.8) is 0 Å². The van der Waals surface area contributed by atoms with E-state index in [4.69, 9.17) is 5.26 Å². The van der Waals surface area contributed by atoms with Crippen molar-refractivity contribution in [2.75, 3.05) is 0 Å². The average Bonchev–Trinajstić information content (AvgIpc) is 2.62. The van der Waals surface area contributed by atoms with Gasteiger partial charge in [0.05, 0.1) is 11.6 Å². The number of unbranched alkanes of at least 4 members (excludes halogenated alkanes) is 1. The summed E-state index contributed by atoms with van der Waals surface area (Å²) in [6.07, 6.45) is 10.6. The maximum Gasteiger partial charge on any atom is 0.0991 e. The van der Waals surface area contributed by atoms with Crippen LogP contribution in [0.3, 0.4) is 0 Å². The van der Waals surface area contributed by atoms with Crippen molar-refractivity contribution in [2.24, 2.45) is 0 Å². The van der Waals surface area contributed by atoms with Gasteiger partial charge in [-0.3, -0.25) is 0 Å². The van der Waals surface area contributed by atoms with Crippen molar-refractivity contribution in [1.82, 2.24) is 5.32 Å². The van der Waals surface area contributed by atoms with Crippen molar-refractivity contribution in [3.8, 4) is 6.07 Å². The first-order chi connectivity index (χ1) is 11.2. The summed E-state index contributed by atoms with van der Waals surface area (Å²) in [6, 6.07) is 10.7. The van der Waals surface area contributed by atoms with E-state index in [1.165, 1.54) is 56.9 Å². The van der Waals surface area contributed by atoms with E-state index >= 15 is 0 Å². The van der Waals surface area contributed by atoms with Gasteiger partial charge in [-0.05, 0) is 30.5 Å². The smallest absolute Gasteiger partial charge is 0.0991 e. The van der Waals surface area contributed by atoms with Crippen molar-refractivity contribution in [3.05, 3.63) is 35.4 Å². The Balaban J connectivity index is 0.000000591. The van der Waals surface area contributed by atoms with Crippen LogP contribution >= 0.6 is 0 Å². The van der Waals surface area contributed by atoms with Gasteiger partial charge in [-0.15, -0.1) is 0 Å². The Morgan fingerprint density at radius 1 is 1.04 bits per heavy atom. The van der Waals surface area contributed by atoms with Gasteiger partial charge in [0.2, 0.25) is 0 Å². The van der Waals surface area contributed by atoms with Gasteiger partial charge in [0, 0.05) is 12.6 Å². The maximum absolute atomic E-state index is 8.81. The van der Waals surface area contributed by atoms with Crippen molar-refractivity contribution >= 4 is 0 Å². The van der Waals surface area contributed by atoms with E-state index in [-0.39, 0.29) is 0 Å². The van der Waals surface area contributed by atoms with Crippen molar-refractivity contribution < 1.29 is 0 Å². The number of hydrogen-bond donors (Lipinski definition) is 1. The highest BCUT2D eigenvalue weighted by Crippen LogP contribution is 2.17. The highest BCUT2D eigenvalue weighted by Gasteiger charge is 2.12. The Kier molecular flexibility index (Phi) is 14.7. The number of nitrogens with one attached hydrogen (secondary N) is 1. The van der Waals surface area contributed by atoms with Crippen LogP contribution in [0, 0.1) is 11.3 Å². The Bertz CT molecular complexity index is 412. The molecule has 130 valence electrons. The monoisotopic (exact) mass is 316 g/mol. The standard InChI is InChI=1S/C14H18N2.C4H10.C3H8/c15-10-12-5-4-6-13(9-12)11-16-14-7-2-1-3-8-14;1-3-4-2;1-3-2/h4-6,9,14,16H,1-3,7-8,11H2;3-4H2,1-2H3;3H2,1-2H3. The Morgan fingerprint density at radius 3 is 2.17 bits per heavy atom. The maximum atomic E-state index is 8.81. The SMILES string of the molecule is CCC.CCCC.N#Cc1cccc(CNC2CCCCC2)c1. The van der Waals surface area contributed by atoms with Gasteiger partial charge in [-0.2, -0.15) is 5.26 Å². The molecule has 2 rings (SSSR count). The Morgan fingerprint density at radius 2 is 1.65 bits per heavy atom. The third kappa shape index (κ3) is 11.8. The summed E-state index contributed by atoms with van der Waals surface area (Å²) < 4.78 is 0. The highest BCUT2D eigenvalue weighted by molar-refractivity contribution is 5.32. The van der Waals surface area contributed by atoms with Crippen LogP contribution in [-0.2, 0) is 6.54 Å². The van der Waals surface area contributed by atoms with Crippen LogP contribution in [0.25, 0.3) is 0 Å².